The summed E-state index contributed by atoms with van der Waals surface area (Å²) in [4.78, 5) is 3.02. The lowest BCUT2D eigenvalue weighted by Crippen LogP contribution is -2.33. The average molecular weight is 351 g/mol. The SMILES string of the molecule is Fc1cccc(CN2CCC(Br)CC2)c1Br. The Balaban J connectivity index is 2.01. The molecule has 0 saturated carbocycles. The van der Waals surface area contributed by atoms with Crippen molar-refractivity contribution in [3.63, 3.8) is 0 Å². The average Bonchev–Trinajstić information content (AvgIpc) is 2.28. The van der Waals surface area contributed by atoms with E-state index < -0.39 is 0 Å². The van der Waals surface area contributed by atoms with Gasteiger partial charge >= 0.3 is 0 Å². The summed E-state index contributed by atoms with van der Waals surface area (Å²) in [6, 6.07) is 5.23. The standard InChI is InChI=1S/C12H14Br2FN/c13-10-4-6-16(7-5-10)8-9-2-1-3-11(15)12(9)14/h1-3,10H,4-8H2. The van der Waals surface area contributed by atoms with E-state index in [9.17, 15) is 4.39 Å². The molecule has 1 saturated heterocycles. The van der Waals surface area contributed by atoms with Crippen molar-refractivity contribution in [2.24, 2.45) is 0 Å². The molecule has 1 aliphatic rings. The number of rotatable bonds is 2. The predicted octanol–water partition coefficient (Wildman–Crippen LogP) is 3.95. The number of hydrogen-bond acceptors (Lipinski definition) is 1. The maximum Gasteiger partial charge on any atom is 0.137 e. The first-order chi connectivity index (χ1) is 7.66. The zero-order valence-corrected chi connectivity index (χ0v) is 12.1. The van der Waals surface area contributed by atoms with Crippen LogP contribution in [0.2, 0.25) is 0 Å². The minimum atomic E-state index is -0.173. The lowest BCUT2D eigenvalue weighted by atomic mass is 10.1. The first kappa shape index (κ1) is 12.5. The lowest BCUT2D eigenvalue weighted by molar-refractivity contribution is 0.225. The molecule has 1 fully saturated rings. The van der Waals surface area contributed by atoms with Crippen LogP contribution in [0.4, 0.5) is 4.39 Å². The Morgan fingerprint density at radius 1 is 1.31 bits per heavy atom. The second kappa shape index (κ2) is 5.61. The van der Waals surface area contributed by atoms with Gasteiger partial charge in [0.05, 0.1) is 4.47 Å². The van der Waals surface area contributed by atoms with E-state index in [1.54, 1.807) is 6.07 Å². The summed E-state index contributed by atoms with van der Waals surface area (Å²) in [6.45, 7) is 3.00. The minimum absolute atomic E-state index is 0.173. The Hall–Kier alpha value is 0.0700. The second-order valence-electron chi connectivity index (χ2n) is 4.16. The number of alkyl halides is 1. The molecule has 0 bridgehead atoms. The summed E-state index contributed by atoms with van der Waals surface area (Å²) in [6.07, 6.45) is 2.35. The van der Waals surface area contributed by atoms with E-state index in [4.69, 9.17) is 0 Å². The van der Waals surface area contributed by atoms with Crippen LogP contribution in [0.15, 0.2) is 22.7 Å². The first-order valence-corrected chi connectivity index (χ1v) is 7.17. The third-order valence-corrected chi connectivity index (χ3v) is 4.75. The van der Waals surface area contributed by atoms with E-state index >= 15 is 0 Å². The van der Waals surface area contributed by atoms with Gasteiger partial charge in [0, 0.05) is 11.4 Å². The Bertz CT molecular complexity index is 362. The highest BCUT2D eigenvalue weighted by Crippen LogP contribution is 2.24. The molecule has 1 nitrogen and oxygen atoms in total. The van der Waals surface area contributed by atoms with Gasteiger partial charge in [-0.25, -0.2) is 4.39 Å². The summed E-state index contributed by atoms with van der Waals surface area (Å²) < 4.78 is 13.9. The molecule has 0 N–H and O–H groups in total. The van der Waals surface area contributed by atoms with Gasteiger partial charge in [-0.1, -0.05) is 28.1 Å². The zero-order valence-electron chi connectivity index (χ0n) is 8.93. The molecular weight excluding hydrogens is 337 g/mol. The molecule has 0 spiro atoms. The number of benzene rings is 1. The van der Waals surface area contributed by atoms with Gasteiger partial charge in [-0.2, -0.15) is 0 Å². The molecule has 2 rings (SSSR count). The molecule has 0 radical (unpaired) electrons. The fraction of sp³-hybridized carbons (Fsp3) is 0.500. The molecular formula is C12H14Br2FN. The second-order valence-corrected chi connectivity index (χ2v) is 6.25. The maximum atomic E-state index is 13.3. The van der Waals surface area contributed by atoms with Crippen molar-refractivity contribution in [3.8, 4) is 0 Å². The van der Waals surface area contributed by atoms with Crippen molar-refractivity contribution >= 4 is 31.9 Å². The maximum absolute atomic E-state index is 13.3. The largest absolute Gasteiger partial charge is 0.299 e. The van der Waals surface area contributed by atoms with Crippen LogP contribution in [0.5, 0.6) is 0 Å². The van der Waals surface area contributed by atoms with Crippen LogP contribution < -0.4 is 0 Å². The van der Waals surface area contributed by atoms with Crippen molar-refractivity contribution in [2.75, 3.05) is 13.1 Å². The first-order valence-electron chi connectivity index (χ1n) is 5.46. The van der Waals surface area contributed by atoms with E-state index in [0.717, 1.165) is 25.2 Å². The highest BCUT2D eigenvalue weighted by Gasteiger charge is 2.17. The fourth-order valence-corrected chi connectivity index (χ4v) is 2.77. The Morgan fingerprint density at radius 2 is 2.00 bits per heavy atom. The highest BCUT2D eigenvalue weighted by molar-refractivity contribution is 9.10. The quantitative estimate of drug-likeness (QED) is 0.730. The smallest absolute Gasteiger partial charge is 0.137 e. The summed E-state index contributed by atoms with van der Waals surface area (Å²) in [5.41, 5.74) is 1.04. The minimum Gasteiger partial charge on any atom is -0.299 e. The van der Waals surface area contributed by atoms with E-state index in [0.29, 0.717) is 9.30 Å². The third kappa shape index (κ3) is 3.05. The topological polar surface area (TPSA) is 3.24 Å². The number of nitrogens with zero attached hydrogens (tertiary/aromatic N) is 1. The number of halogens is 3. The Kier molecular flexibility index (Phi) is 4.39. The van der Waals surface area contributed by atoms with Crippen LogP contribution in [0.25, 0.3) is 0 Å². The van der Waals surface area contributed by atoms with Crippen LogP contribution >= 0.6 is 31.9 Å². The highest BCUT2D eigenvalue weighted by atomic mass is 79.9. The molecule has 0 atom stereocenters. The summed E-state index contributed by atoms with van der Waals surface area (Å²) >= 11 is 6.94. The van der Waals surface area contributed by atoms with Gasteiger partial charge in [-0.15, -0.1) is 0 Å². The van der Waals surface area contributed by atoms with Crippen molar-refractivity contribution < 1.29 is 4.39 Å². The number of likely N-dealkylation sites (tertiary alicyclic amines) is 1. The van der Waals surface area contributed by atoms with Crippen LogP contribution in [-0.2, 0) is 6.54 Å². The van der Waals surface area contributed by atoms with Crippen LogP contribution in [-0.4, -0.2) is 22.8 Å². The molecule has 1 aromatic carbocycles. The molecule has 16 heavy (non-hydrogen) atoms. The van der Waals surface area contributed by atoms with Gasteiger partial charge in [0.25, 0.3) is 0 Å². The monoisotopic (exact) mass is 349 g/mol. The molecule has 4 heteroatoms. The van der Waals surface area contributed by atoms with Crippen LogP contribution in [0, 0.1) is 5.82 Å². The predicted molar refractivity (Wildman–Crippen MR) is 71.3 cm³/mol. The van der Waals surface area contributed by atoms with E-state index in [-0.39, 0.29) is 5.82 Å². The van der Waals surface area contributed by atoms with Crippen molar-refractivity contribution in [2.45, 2.75) is 24.2 Å². The molecule has 88 valence electrons. The number of piperidine rings is 1. The number of hydrogen-bond donors (Lipinski definition) is 0. The van der Waals surface area contributed by atoms with Gasteiger partial charge in [-0.3, -0.25) is 4.90 Å². The fourth-order valence-electron chi connectivity index (χ4n) is 1.97. The van der Waals surface area contributed by atoms with Crippen LogP contribution in [0.3, 0.4) is 0 Å². The third-order valence-electron chi connectivity index (χ3n) is 2.94. The summed E-state index contributed by atoms with van der Waals surface area (Å²) in [5, 5.41) is 0. The summed E-state index contributed by atoms with van der Waals surface area (Å²) in [5.74, 6) is -0.173. The van der Waals surface area contributed by atoms with Gasteiger partial charge in [-0.05, 0) is 53.5 Å². The molecule has 0 aromatic heterocycles. The van der Waals surface area contributed by atoms with E-state index in [2.05, 4.69) is 36.8 Å². The Labute approximate surface area is 112 Å². The van der Waals surface area contributed by atoms with Crippen molar-refractivity contribution in [1.29, 1.82) is 0 Å². The van der Waals surface area contributed by atoms with Gasteiger partial charge < -0.3 is 0 Å². The van der Waals surface area contributed by atoms with Crippen LogP contribution in [0.1, 0.15) is 18.4 Å². The van der Waals surface area contributed by atoms with Crippen molar-refractivity contribution in [3.05, 3.63) is 34.1 Å². The molecule has 0 amide bonds. The zero-order chi connectivity index (χ0) is 11.5. The van der Waals surface area contributed by atoms with E-state index in [1.807, 2.05) is 6.07 Å². The molecule has 0 unspecified atom stereocenters. The van der Waals surface area contributed by atoms with E-state index in [1.165, 1.54) is 18.9 Å². The Morgan fingerprint density at radius 3 is 2.69 bits per heavy atom. The molecule has 1 aliphatic heterocycles. The summed E-state index contributed by atoms with van der Waals surface area (Å²) in [7, 11) is 0. The molecule has 1 aromatic rings. The van der Waals surface area contributed by atoms with Crippen molar-refractivity contribution in [1.82, 2.24) is 4.90 Å². The lowest BCUT2D eigenvalue weighted by Gasteiger charge is -2.29. The van der Waals surface area contributed by atoms with Gasteiger partial charge in [0.2, 0.25) is 0 Å². The molecule has 0 aliphatic carbocycles. The molecule has 1 heterocycles. The van der Waals surface area contributed by atoms with Gasteiger partial charge in [0.1, 0.15) is 5.82 Å². The van der Waals surface area contributed by atoms with Gasteiger partial charge in [0.15, 0.2) is 0 Å². The normalized spacial score (nSPS) is 18.9.